The highest BCUT2D eigenvalue weighted by molar-refractivity contribution is 6.30. The second kappa shape index (κ2) is 7.73. The number of hydrogen-bond donors (Lipinski definition) is 1. The van der Waals surface area contributed by atoms with Crippen molar-refractivity contribution in [3.63, 3.8) is 0 Å². The van der Waals surface area contributed by atoms with Crippen molar-refractivity contribution in [3.05, 3.63) is 34.6 Å². The number of likely N-dealkylation sites (N-methyl/N-ethyl adjacent to an activating group) is 1. The smallest absolute Gasteiger partial charge is 0.251 e. The molecule has 0 spiro atoms. The van der Waals surface area contributed by atoms with E-state index >= 15 is 0 Å². The molecule has 116 valence electrons. The van der Waals surface area contributed by atoms with Crippen molar-refractivity contribution >= 4 is 17.5 Å². The standard InChI is InChI=1S/C15H20ClFN2O2/c1-2-19-7-8-21-12(10-19)5-6-18-15(20)11-3-4-13(16)14(17)9-11/h3-4,9,12H,2,5-8,10H2,1H3,(H,18,20)/t12-/m0/s1. The molecule has 0 saturated carbocycles. The Labute approximate surface area is 129 Å². The minimum Gasteiger partial charge on any atom is -0.375 e. The molecule has 0 aromatic heterocycles. The number of hydrogen-bond acceptors (Lipinski definition) is 3. The van der Waals surface area contributed by atoms with Gasteiger partial charge in [-0.1, -0.05) is 18.5 Å². The van der Waals surface area contributed by atoms with E-state index in [-0.39, 0.29) is 22.6 Å². The monoisotopic (exact) mass is 314 g/mol. The van der Waals surface area contributed by atoms with Gasteiger partial charge in [0.25, 0.3) is 5.91 Å². The molecule has 21 heavy (non-hydrogen) atoms. The molecule has 1 atom stereocenters. The molecule has 1 aliphatic heterocycles. The molecular weight excluding hydrogens is 295 g/mol. The maximum atomic E-state index is 13.3. The third-order valence-corrected chi connectivity index (χ3v) is 3.91. The van der Waals surface area contributed by atoms with Crippen molar-refractivity contribution < 1.29 is 13.9 Å². The first-order chi connectivity index (χ1) is 10.1. The summed E-state index contributed by atoms with van der Waals surface area (Å²) in [5.41, 5.74) is 0.275. The van der Waals surface area contributed by atoms with Crippen LogP contribution in [-0.4, -0.2) is 49.7 Å². The molecule has 0 bridgehead atoms. The first-order valence-electron chi connectivity index (χ1n) is 7.17. The fraction of sp³-hybridized carbons (Fsp3) is 0.533. The van der Waals surface area contributed by atoms with Gasteiger partial charge >= 0.3 is 0 Å². The Morgan fingerprint density at radius 3 is 3.10 bits per heavy atom. The summed E-state index contributed by atoms with van der Waals surface area (Å²) >= 11 is 5.59. The first-order valence-corrected chi connectivity index (χ1v) is 7.55. The second-order valence-corrected chi connectivity index (χ2v) is 5.47. The van der Waals surface area contributed by atoms with Gasteiger partial charge < -0.3 is 10.1 Å². The Morgan fingerprint density at radius 1 is 1.57 bits per heavy atom. The van der Waals surface area contributed by atoms with Gasteiger partial charge in [0, 0.05) is 25.2 Å². The van der Waals surface area contributed by atoms with Crippen LogP contribution in [0.1, 0.15) is 23.7 Å². The van der Waals surface area contributed by atoms with Gasteiger partial charge in [-0.25, -0.2) is 4.39 Å². The van der Waals surface area contributed by atoms with E-state index in [1.54, 1.807) is 0 Å². The molecule has 0 aliphatic carbocycles. The number of carbonyl (C=O) groups is 1. The number of rotatable bonds is 5. The van der Waals surface area contributed by atoms with Gasteiger partial charge in [-0.05, 0) is 31.2 Å². The first kappa shape index (κ1) is 16.2. The predicted molar refractivity (Wildman–Crippen MR) is 80.2 cm³/mol. The number of amides is 1. The fourth-order valence-corrected chi connectivity index (χ4v) is 2.45. The van der Waals surface area contributed by atoms with E-state index in [0.717, 1.165) is 38.7 Å². The number of halogens is 2. The van der Waals surface area contributed by atoms with Crippen molar-refractivity contribution in [2.24, 2.45) is 0 Å². The molecule has 4 nitrogen and oxygen atoms in total. The zero-order chi connectivity index (χ0) is 15.2. The van der Waals surface area contributed by atoms with Crippen LogP contribution in [0, 0.1) is 5.82 Å². The van der Waals surface area contributed by atoms with E-state index in [4.69, 9.17) is 16.3 Å². The van der Waals surface area contributed by atoms with E-state index in [1.807, 2.05) is 0 Å². The highest BCUT2D eigenvalue weighted by Gasteiger charge is 2.19. The lowest BCUT2D eigenvalue weighted by molar-refractivity contribution is -0.0296. The molecule has 1 heterocycles. The summed E-state index contributed by atoms with van der Waals surface area (Å²) in [4.78, 5) is 14.2. The minimum absolute atomic E-state index is 0.0156. The van der Waals surface area contributed by atoms with Gasteiger partial charge in [0.2, 0.25) is 0 Å². The number of nitrogens with one attached hydrogen (secondary N) is 1. The molecule has 1 aromatic rings. The van der Waals surface area contributed by atoms with Gasteiger partial charge in [0.15, 0.2) is 0 Å². The number of nitrogens with zero attached hydrogens (tertiary/aromatic N) is 1. The Morgan fingerprint density at radius 2 is 2.38 bits per heavy atom. The van der Waals surface area contributed by atoms with Crippen molar-refractivity contribution in [1.29, 1.82) is 0 Å². The van der Waals surface area contributed by atoms with Gasteiger partial charge in [0.1, 0.15) is 5.82 Å². The number of benzene rings is 1. The topological polar surface area (TPSA) is 41.6 Å². The van der Waals surface area contributed by atoms with Crippen LogP contribution in [0.2, 0.25) is 5.02 Å². The number of morpholine rings is 1. The van der Waals surface area contributed by atoms with Gasteiger partial charge in [-0.3, -0.25) is 9.69 Å². The summed E-state index contributed by atoms with van der Waals surface area (Å²) in [6.45, 7) is 6.22. The van der Waals surface area contributed by atoms with Crippen LogP contribution < -0.4 is 5.32 Å². The molecule has 1 fully saturated rings. The summed E-state index contributed by atoms with van der Waals surface area (Å²) < 4.78 is 19.0. The molecule has 0 unspecified atom stereocenters. The molecule has 2 rings (SSSR count). The van der Waals surface area contributed by atoms with Gasteiger partial charge in [-0.15, -0.1) is 0 Å². The van der Waals surface area contributed by atoms with Gasteiger partial charge in [-0.2, -0.15) is 0 Å². The molecule has 1 aliphatic rings. The summed E-state index contributed by atoms with van der Waals surface area (Å²) in [6.07, 6.45) is 0.888. The van der Waals surface area contributed by atoms with Crippen molar-refractivity contribution in [1.82, 2.24) is 10.2 Å². The van der Waals surface area contributed by atoms with Crippen LogP contribution in [0.15, 0.2) is 18.2 Å². The van der Waals surface area contributed by atoms with E-state index in [1.165, 1.54) is 12.1 Å². The second-order valence-electron chi connectivity index (χ2n) is 5.06. The van der Waals surface area contributed by atoms with Gasteiger partial charge in [0.05, 0.1) is 17.7 Å². The SMILES string of the molecule is CCN1CCO[C@@H](CCNC(=O)c2ccc(Cl)c(F)c2)C1. The Hall–Kier alpha value is -1.17. The quantitative estimate of drug-likeness (QED) is 0.907. The summed E-state index contributed by atoms with van der Waals surface area (Å²) in [6, 6.07) is 4.04. The summed E-state index contributed by atoms with van der Waals surface area (Å²) in [7, 11) is 0. The maximum Gasteiger partial charge on any atom is 0.251 e. The maximum absolute atomic E-state index is 13.3. The molecule has 1 saturated heterocycles. The normalized spacial score (nSPS) is 19.5. The van der Waals surface area contributed by atoms with Crippen LogP contribution in [0.5, 0.6) is 0 Å². The van der Waals surface area contributed by atoms with E-state index < -0.39 is 5.82 Å². The Balaban J connectivity index is 1.77. The number of ether oxygens (including phenoxy) is 1. The summed E-state index contributed by atoms with van der Waals surface area (Å²) in [5.74, 6) is -0.882. The lowest BCUT2D eigenvalue weighted by Gasteiger charge is -2.32. The molecule has 6 heteroatoms. The van der Waals surface area contributed by atoms with Crippen LogP contribution in [0.25, 0.3) is 0 Å². The van der Waals surface area contributed by atoms with E-state index in [2.05, 4.69) is 17.1 Å². The van der Waals surface area contributed by atoms with Crippen molar-refractivity contribution in [2.75, 3.05) is 32.8 Å². The third kappa shape index (κ3) is 4.66. The highest BCUT2D eigenvalue weighted by atomic mass is 35.5. The fourth-order valence-electron chi connectivity index (χ4n) is 2.33. The average molecular weight is 315 g/mol. The average Bonchev–Trinajstić information content (AvgIpc) is 2.50. The molecule has 1 amide bonds. The van der Waals surface area contributed by atoms with Crippen LogP contribution >= 0.6 is 11.6 Å². The number of carbonyl (C=O) groups excluding carboxylic acids is 1. The van der Waals surface area contributed by atoms with E-state index in [0.29, 0.717) is 6.54 Å². The van der Waals surface area contributed by atoms with Crippen molar-refractivity contribution in [2.45, 2.75) is 19.4 Å². The Kier molecular flexibility index (Phi) is 5.96. The minimum atomic E-state index is -0.585. The molecule has 1 aromatic carbocycles. The van der Waals surface area contributed by atoms with E-state index in [9.17, 15) is 9.18 Å². The van der Waals surface area contributed by atoms with Crippen LogP contribution in [0.4, 0.5) is 4.39 Å². The predicted octanol–water partition coefficient (Wildman–Crippen LogP) is 2.32. The highest BCUT2D eigenvalue weighted by Crippen LogP contribution is 2.15. The molecule has 1 N–H and O–H groups in total. The summed E-state index contributed by atoms with van der Waals surface area (Å²) in [5, 5.41) is 2.79. The zero-order valence-electron chi connectivity index (χ0n) is 12.1. The van der Waals surface area contributed by atoms with Crippen LogP contribution in [0.3, 0.4) is 0 Å². The lowest BCUT2D eigenvalue weighted by atomic mass is 10.2. The zero-order valence-corrected chi connectivity index (χ0v) is 12.8. The largest absolute Gasteiger partial charge is 0.375 e. The van der Waals surface area contributed by atoms with Crippen LogP contribution in [-0.2, 0) is 4.74 Å². The Bertz CT molecular complexity index is 499. The molecule has 0 radical (unpaired) electrons. The third-order valence-electron chi connectivity index (χ3n) is 3.60. The molecular formula is C15H20ClFN2O2. The lowest BCUT2D eigenvalue weighted by Crippen LogP contribution is -2.43. The van der Waals surface area contributed by atoms with Crippen molar-refractivity contribution in [3.8, 4) is 0 Å².